The Kier molecular flexibility index (Phi) is 3.42. The van der Waals surface area contributed by atoms with Crippen molar-refractivity contribution >= 4 is 41.0 Å². The van der Waals surface area contributed by atoms with Crippen molar-refractivity contribution in [2.24, 2.45) is 5.16 Å². The largest absolute Gasteiger partial charge is 0.435 e. The monoisotopic (exact) mass is 317 g/mol. The second kappa shape index (κ2) is 4.47. The van der Waals surface area contributed by atoms with Crippen molar-refractivity contribution in [3.05, 3.63) is 32.8 Å². The van der Waals surface area contributed by atoms with Crippen LogP contribution in [0, 0.1) is 0 Å². The van der Waals surface area contributed by atoms with Crippen LogP contribution in [0.3, 0.4) is 0 Å². The Morgan fingerprint density at radius 3 is 2.11 bits per heavy atom. The summed E-state index contributed by atoms with van der Waals surface area (Å²) in [6.45, 7) is 0. The predicted molar refractivity (Wildman–Crippen MR) is 63.4 cm³/mol. The van der Waals surface area contributed by atoms with Crippen molar-refractivity contribution in [1.82, 2.24) is 0 Å². The molecule has 0 saturated carbocycles. The predicted octanol–water partition coefficient (Wildman–Crippen LogP) is 4.81. The van der Waals surface area contributed by atoms with Gasteiger partial charge in [0, 0.05) is 18.2 Å². The number of halogens is 6. The molecule has 0 bridgehead atoms. The van der Waals surface area contributed by atoms with E-state index in [1.807, 2.05) is 0 Å². The molecule has 1 aromatic carbocycles. The van der Waals surface area contributed by atoms with Crippen LogP contribution in [0.5, 0.6) is 0 Å². The fourth-order valence-electron chi connectivity index (χ4n) is 1.62. The molecule has 0 amide bonds. The minimum Gasteiger partial charge on any atom is -0.375 e. The smallest absolute Gasteiger partial charge is 0.375 e. The zero-order valence-corrected chi connectivity index (χ0v) is 10.8. The summed E-state index contributed by atoms with van der Waals surface area (Å²) < 4.78 is 39.4. The first-order chi connectivity index (χ1) is 8.28. The van der Waals surface area contributed by atoms with Gasteiger partial charge in [0.15, 0.2) is 0 Å². The third-order valence-electron chi connectivity index (χ3n) is 2.57. The fraction of sp³-hybridized carbons (Fsp3) is 0.300. The highest BCUT2D eigenvalue weighted by molar-refractivity contribution is 6.48. The van der Waals surface area contributed by atoms with Crippen molar-refractivity contribution < 1.29 is 18.0 Å². The molecule has 0 N–H and O–H groups in total. The summed E-state index contributed by atoms with van der Waals surface area (Å²) in [7, 11) is 0. The first kappa shape index (κ1) is 13.8. The quantitative estimate of drug-likeness (QED) is 0.681. The Morgan fingerprint density at radius 2 is 1.72 bits per heavy atom. The molecule has 0 aromatic heterocycles. The molecule has 0 radical (unpaired) electrons. The van der Waals surface area contributed by atoms with Gasteiger partial charge in [-0.1, -0.05) is 40.0 Å². The average Bonchev–Trinajstić information content (AvgIpc) is 2.74. The fourth-order valence-corrected chi connectivity index (χ4v) is 2.22. The van der Waals surface area contributed by atoms with Gasteiger partial charge in [0.2, 0.25) is 0 Å². The molecule has 2 nitrogen and oxygen atoms in total. The topological polar surface area (TPSA) is 21.6 Å². The van der Waals surface area contributed by atoms with Gasteiger partial charge in [0.25, 0.3) is 5.60 Å². The summed E-state index contributed by atoms with van der Waals surface area (Å²) in [6, 6.07) is 2.16. The lowest BCUT2D eigenvalue weighted by Crippen LogP contribution is -2.42. The van der Waals surface area contributed by atoms with Crippen molar-refractivity contribution in [2.75, 3.05) is 0 Å². The minimum atomic E-state index is -4.65. The van der Waals surface area contributed by atoms with E-state index in [9.17, 15) is 13.2 Å². The molecule has 0 fully saturated rings. The third kappa shape index (κ3) is 2.04. The van der Waals surface area contributed by atoms with E-state index in [2.05, 4.69) is 9.99 Å². The van der Waals surface area contributed by atoms with Crippen LogP contribution in [-0.2, 0) is 10.4 Å². The van der Waals surface area contributed by atoms with Crippen molar-refractivity contribution in [3.8, 4) is 0 Å². The zero-order chi connectivity index (χ0) is 13.6. The van der Waals surface area contributed by atoms with Gasteiger partial charge in [-0.3, -0.25) is 0 Å². The Balaban J connectivity index is 2.58. The summed E-state index contributed by atoms with van der Waals surface area (Å²) in [4.78, 5) is 4.53. The number of alkyl halides is 3. The molecule has 1 aliphatic heterocycles. The number of nitrogens with zero attached hydrogens (tertiary/aromatic N) is 1. The van der Waals surface area contributed by atoms with E-state index >= 15 is 0 Å². The maximum absolute atomic E-state index is 13.1. The van der Waals surface area contributed by atoms with E-state index in [0.717, 1.165) is 18.3 Å². The molecule has 8 heteroatoms. The van der Waals surface area contributed by atoms with Crippen LogP contribution in [0.25, 0.3) is 0 Å². The summed E-state index contributed by atoms with van der Waals surface area (Å²) in [5.41, 5.74) is -2.78. The van der Waals surface area contributed by atoms with Crippen LogP contribution in [0.15, 0.2) is 17.3 Å². The molecule has 1 aromatic rings. The molecule has 98 valence electrons. The Labute approximate surface area is 115 Å². The van der Waals surface area contributed by atoms with Gasteiger partial charge in [0.1, 0.15) is 0 Å². The van der Waals surface area contributed by atoms with E-state index in [-0.39, 0.29) is 20.6 Å². The Bertz CT molecular complexity index is 485. The van der Waals surface area contributed by atoms with Crippen LogP contribution >= 0.6 is 34.8 Å². The maximum Gasteiger partial charge on any atom is 0.435 e. The highest BCUT2D eigenvalue weighted by atomic mass is 35.5. The normalized spacial score (nSPS) is 23.2. The lowest BCUT2D eigenvalue weighted by molar-refractivity contribution is -0.275. The van der Waals surface area contributed by atoms with E-state index in [1.54, 1.807) is 0 Å². The first-order valence-electron chi connectivity index (χ1n) is 4.70. The number of rotatable bonds is 1. The van der Waals surface area contributed by atoms with Gasteiger partial charge < -0.3 is 4.84 Å². The van der Waals surface area contributed by atoms with Gasteiger partial charge >= 0.3 is 6.18 Å². The summed E-state index contributed by atoms with van der Waals surface area (Å²) >= 11 is 17.2. The van der Waals surface area contributed by atoms with E-state index in [4.69, 9.17) is 34.8 Å². The number of oxime groups is 1. The Morgan fingerprint density at radius 1 is 1.17 bits per heavy atom. The molecule has 1 atom stereocenters. The van der Waals surface area contributed by atoms with Crippen molar-refractivity contribution in [1.29, 1.82) is 0 Å². The van der Waals surface area contributed by atoms with Crippen LogP contribution in [0.1, 0.15) is 12.0 Å². The van der Waals surface area contributed by atoms with E-state index in [1.165, 1.54) is 0 Å². The van der Waals surface area contributed by atoms with Crippen LogP contribution < -0.4 is 0 Å². The van der Waals surface area contributed by atoms with Crippen molar-refractivity contribution in [2.45, 2.75) is 18.2 Å². The molecule has 0 saturated heterocycles. The zero-order valence-electron chi connectivity index (χ0n) is 8.56. The standard InChI is InChI=1S/C10H5Cl3F3NO/c11-6-3-5(4-7(12)8(6)13)9(10(14,15)16)1-2-17-18-9/h2-4H,1H2. The van der Waals surface area contributed by atoms with Gasteiger partial charge in [-0.2, -0.15) is 13.2 Å². The molecule has 18 heavy (non-hydrogen) atoms. The number of benzene rings is 1. The van der Waals surface area contributed by atoms with Gasteiger partial charge in [-0.05, 0) is 12.1 Å². The molecular formula is C10H5Cl3F3NO. The van der Waals surface area contributed by atoms with Crippen LogP contribution in [0.2, 0.25) is 15.1 Å². The lowest BCUT2D eigenvalue weighted by atomic mass is 9.90. The van der Waals surface area contributed by atoms with Gasteiger partial charge in [-0.25, -0.2) is 0 Å². The lowest BCUT2D eigenvalue weighted by Gasteiger charge is -2.29. The van der Waals surface area contributed by atoms with Crippen LogP contribution in [-0.4, -0.2) is 12.4 Å². The molecule has 2 rings (SSSR count). The SMILES string of the molecule is FC(F)(F)C1(c2cc(Cl)c(Cl)c(Cl)c2)CC=NO1. The van der Waals surface area contributed by atoms with Gasteiger partial charge in [0.05, 0.1) is 15.1 Å². The minimum absolute atomic E-state index is 0.00155. The Hall–Kier alpha value is -0.650. The second-order valence-electron chi connectivity index (χ2n) is 3.66. The number of hydrogen-bond donors (Lipinski definition) is 0. The molecule has 1 aliphatic rings. The molecule has 0 aliphatic carbocycles. The van der Waals surface area contributed by atoms with Gasteiger partial charge in [-0.15, -0.1) is 0 Å². The number of hydrogen-bond acceptors (Lipinski definition) is 2. The third-order valence-corrected chi connectivity index (χ3v) is 3.77. The molecular weight excluding hydrogens is 313 g/mol. The maximum atomic E-state index is 13.1. The average molecular weight is 319 g/mol. The molecule has 1 heterocycles. The highest BCUT2D eigenvalue weighted by Gasteiger charge is 2.60. The van der Waals surface area contributed by atoms with E-state index < -0.39 is 18.2 Å². The van der Waals surface area contributed by atoms with Crippen LogP contribution in [0.4, 0.5) is 13.2 Å². The van der Waals surface area contributed by atoms with Crippen molar-refractivity contribution in [3.63, 3.8) is 0 Å². The summed E-state index contributed by atoms with van der Waals surface area (Å²) in [5, 5.41) is 3.05. The second-order valence-corrected chi connectivity index (χ2v) is 4.85. The summed E-state index contributed by atoms with van der Waals surface area (Å²) in [5.74, 6) is 0. The highest BCUT2D eigenvalue weighted by Crippen LogP contribution is 2.48. The first-order valence-corrected chi connectivity index (χ1v) is 5.83. The van der Waals surface area contributed by atoms with E-state index in [0.29, 0.717) is 0 Å². The molecule has 0 spiro atoms. The molecule has 1 unspecified atom stereocenters. The summed E-state index contributed by atoms with van der Waals surface area (Å²) in [6.07, 6.45) is -4.04.